The van der Waals surface area contributed by atoms with Gasteiger partial charge in [-0.3, -0.25) is 4.79 Å². The van der Waals surface area contributed by atoms with Crippen LogP contribution in [0.15, 0.2) is 42.5 Å². The summed E-state index contributed by atoms with van der Waals surface area (Å²) in [5, 5.41) is 10.6. The summed E-state index contributed by atoms with van der Waals surface area (Å²) in [4.78, 5) is 25.9. The van der Waals surface area contributed by atoms with Gasteiger partial charge in [0.15, 0.2) is 0 Å². The Morgan fingerprint density at radius 3 is 2.41 bits per heavy atom. The lowest BCUT2D eigenvalue weighted by Gasteiger charge is -2.35. The van der Waals surface area contributed by atoms with Gasteiger partial charge in [0, 0.05) is 19.2 Å². The van der Waals surface area contributed by atoms with Crippen molar-refractivity contribution in [1.82, 2.24) is 4.90 Å². The topological polar surface area (TPSA) is 76.1 Å². The van der Waals surface area contributed by atoms with E-state index < -0.39 is 29.8 Å². The third-order valence-corrected chi connectivity index (χ3v) is 6.36. The van der Waals surface area contributed by atoms with Gasteiger partial charge in [0.05, 0.1) is 25.2 Å². The minimum Gasteiger partial charge on any atom is -0.488 e. The van der Waals surface area contributed by atoms with Crippen molar-refractivity contribution in [2.75, 3.05) is 20.2 Å². The largest absolute Gasteiger partial charge is 0.488 e. The Hall–Kier alpha value is -3.00. The number of ether oxygens (including phenoxy) is 2. The number of carbonyl (C=O) groups is 2. The number of rotatable bonds is 5. The van der Waals surface area contributed by atoms with Crippen LogP contribution in [0.25, 0.3) is 0 Å². The second kappa shape index (κ2) is 9.24. The van der Waals surface area contributed by atoms with Crippen LogP contribution in [0.4, 0.5) is 8.78 Å². The highest BCUT2D eigenvalue weighted by atomic mass is 19.1. The molecule has 0 spiro atoms. The molecule has 0 bridgehead atoms. The molecule has 8 heteroatoms. The van der Waals surface area contributed by atoms with E-state index in [0.717, 1.165) is 12.1 Å². The Balaban J connectivity index is 1.36. The third-order valence-electron chi connectivity index (χ3n) is 6.36. The molecule has 2 fully saturated rings. The van der Waals surface area contributed by atoms with Gasteiger partial charge in [-0.15, -0.1) is 0 Å². The number of benzene rings is 2. The summed E-state index contributed by atoms with van der Waals surface area (Å²) in [6.07, 6.45) is -0.143. The molecular weight excluding hydrogens is 420 g/mol. The number of hydrogen-bond donors (Lipinski definition) is 1. The van der Waals surface area contributed by atoms with Gasteiger partial charge < -0.3 is 19.5 Å². The summed E-state index contributed by atoms with van der Waals surface area (Å²) >= 11 is 0. The normalized spacial score (nSPS) is 24.7. The lowest BCUT2D eigenvalue weighted by molar-refractivity contribution is -0.129. The van der Waals surface area contributed by atoms with E-state index in [0.29, 0.717) is 37.2 Å². The molecule has 4 rings (SSSR count). The van der Waals surface area contributed by atoms with Crippen LogP contribution in [-0.2, 0) is 16.0 Å². The van der Waals surface area contributed by atoms with Crippen molar-refractivity contribution in [2.24, 2.45) is 11.8 Å². The van der Waals surface area contributed by atoms with E-state index in [-0.39, 0.29) is 29.7 Å². The van der Waals surface area contributed by atoms with E-state index in [1.54, 1.807) is 29.2 Å². The first-order chi connectivity index (χ1) is 15.3. The van der Waals surface area contributed by atoms with Crippen LogP contribution < -0.4 is 4.74 Å². The van der Waals surface area contributed by atoms with Gasteiger partial charge in [-0.1, -0.05) is 6.07 Å². The fourth-order valence-corrected chi connectivity index (χ4v) is 4.62. The molecule has 2 aromatic carbocycles. The van der Waals surface area contributed by atoms with E-state index >= 15 is 0 Å². The molecule has 4 atom stereocenters. The van der Waals surface area contributed by atoms with Crippen LogP contribution in [0.2, 0.25) is 0 Å². The fourth-order valence-electron chi connectivity index (χ4n) is 4.62. The van der Waals surface area contributed by atoms with Crippen LogP contribution in [0, 0.1) is 23.5 Å². The van der Waals surface area contributed by atoms with Gasteiger partial charge in [-0.05, 0) is 60.6 Å². The standard InChI is InChI=1S/C24H25F2NO5/c1-31-24(30)14-3-6-19(7-4-14)32-22-9-17-13-27(12-16(17)8-21(22)28)23(29)10-15-2-5-18(25)11-20(15)26/h2-7,11,16-17,21-22,28H,8-10,12-13H2,1H3/t16-,17+,21+,22+/m0/s1. The molecule has 1 aliphatic heterocycles. The first kappa shape index (κ1) is 22.2. The van der Waals surface area contributed by atoms with Gasteiger partial charge in [0.2, 0.25) is 5.91 Å². The molecule has 6 nitrogen and oxygen atoms in total. The molecule has 2 aliphatic rings. The SMILES string of the molecule is COC(=O)c1ccc(O[C@@H]2C[C@@H]3CN(C(=O)Cc4ccc(F)cc4F)C[C@@H]3C[C@H]2O)cc1. The zero-order valence-corrected chi connectivity index (χ0v) is 17.7. The van der Waals surface area contributed by atoms with E-state index in [4.69, 9.17) is 4.74 Å². The Morgan fingerprint density at radius 1 is 1.06 bits per heavy atom. The first-order valence-corrected chi connectivity index (χ1v) is 10.6. The number of aliphatic hydroxyl groups is 1. The van der Waals surface area contributed by atoms with Gasteiger partial charge in [-0.25, -0.2) is 13.6 Å². The number of esters is 1. The predicted octanol–water partition coefficient (Wildman–Crippen LogP) is 2.97. The molecule has 170 valence electrons. The molecule has 1 N–H and O–H groups in total. The number of likely N-dealkylation sites (tertiary alicyclic amines) is 1. The number of hydrogen-bond acceptors (Lipinski definition) is 5. The second-order valence-electron chi connectivity index (χ2n) is 8.44. The summed E-state index contributed by atoms with van der Waals surface area (Å²) in [6.45, 7) is 1.02. The highest BCUT2D eigenvalue weighted by Gasteiger charge is 2.43. The van der Waals surface area contributed by atoms with Crippen molar-refractivity contribution in [3.63, 3.8) is 0 Å². The second-order valence-corrected chi connectivity index (χ2v) is 8.44. The number of nitrogens with zero attached hydrogens (tertiary/aromatic N) is 1. The average Bonchev–Trinajstić information content (AvgIpc) is 3.18. The van der Waals surface area contributed by atoms with Crippen LogP contribution in [-0.4, -0.2) is 54.3 Å². The summed E-state index contributed by atoms with van der Waals surface area (Å²) < 4.78 is 37.7. The molecule has 1 heterocycles. The minimum atomic E-state index is -0.725. The van der Waals surface area contributed by atoms with Gasteiger partial charge in [0.25, 0.3) is 0 Å². The number of amides is 1. The Kier molecular flexibility index (Phi) is 6.41. The van der Waals surface area contributed by atoms with Crippen LogP contribution >= 0.6 is 0 Å². The van der Waals surface area contributed by atoms with Crippen molar-refractivity contribution >= 4 is 11.9 Å². The quantitative estimate of drug-likeness (QED) is 0.717. The molecule has 32 heavy (non-hydrogen) atoms. The molecule has 1 saturated heterocycles. The summed E-state index contributed by atoms with van der Waals surface area (Å²) in [5.74, 6) is -1.20. The summed E-state index contributed by atoms with van der Waals surface area (Å²) in [7, 11) is 1.31. The third kappa shape index (κ3) is 4.75. The summed E-state index contributed by atoms with van der Waals surface area (Å²) in [5.41, 5.74) is 0.578. The Bertz CT molecular complexity index is 996. The number of carbonyl (C=O) groups excluding carboxylic acids is 2. The van der Waals surface area contributed by atoms with Crippen molar-refractivity contribution in [2.45, 2.75) is 31.5 Å². The molecule has 0 aromatic heterocycles. The maximum Gasteiger partial charge on any atom is 0.337 e. The lowest BCUT2D eigenvalue weighted by atomic mass is 9.78. The number of methoxy groups -OCH3 is 1. The molecule has 1 saturated carbocycles. The number of halogens is 2. The maximum absolute atomic E-state index is 13.9. The van der Waals surface area contributed by atoms with E-state index in [1.807, 2.05) is 0 Å². The van der Waals surface area contributed by atoms with Crippen molar-refractivity contribution in [3.05, 3.63) is 65.2 Å². The molecule has 2 aromatic rings. The monoisotopic (exact) mass is 445 g/mol. The smallest absolute Gasteiger partial charge is 0.337 e. The Morgan fingerprint density at radius 2 is 1.75 bits per heavy atom. The maximum atomic E-state index is 13.9. The van der Waals surface area contributed by atoms with Gasteiger partial charge >= 0.3 is 5.97 Å². The van der Waals surface area contributed by atoms with E-state index in [1.165, 1.54) is 13.2 Å². The molecule has 0 unspecified atom stereocenters. The zero-order valence-electron chi connectivity index (χ0n) is 17.7. The van der Waals surface area contributed by atoms with Crippen LogP contribution in [0.3, 0.4) is 0 Å². The molecule has 1 amide bonds. The van der Waals surface area contributed by atoms with E-state index in [9.17, 15) is 23.5 Å². The Labute approximate surface area is 184 Å². The average molecular weight is 445 g/mol. The number of aliphatic hydroxyl groups excluding tert-OH is 1. The predicted molar refractivity (Wildman–Crippen MR) is 111 cm³/mol. The minimum absolute atomic E-state index is 0.124. The van der Waals surface area contributed by atoms with Crippen molar-refractivity contribution < 1.29 is 33.0 Å². The zero-order chi connectivity index (χ0) is 22.8. The molecule has 0 radical (unpaired) electrons. The van der Waals surface area contributed by atoms with Crippen LogP contribution in [0.1, 0.15) is 28.8 Å². The van der Waals surface area contributed by atoms with Gasteiger partial charge in [0.1, 0.15) is 23.5 Å². The highest BCUT2D eigenvalue weighted by molar-refractivity contribution is 5.89. The van der Waals surface area contributed by atoms with Gasteiger partial charge in [-0.2, -0.15) is 0 Å². The summed E-state index contributed by atoms with van der Waals surface area (Å²) in [6, 6.07) is 9.74. The van der Waals surface area contributed by atoms with Crippen molar-refractivity contribution in [1.29, 1.82) is 0 Å². The number of fused-ring (bicyclic) bond motifs is 1. The first-order valence-electron chi connectivity index (χ1n) is 10.6. The van der Waals surface area contributed by atoms with Crippen LogP contribution in [0.5, 0.6) is 5.75 Å². The lowest BCUT2D eigenvalue weighted by Crippen LogP contribution is -2.42. The fraction of sp³-hybridized carbons (Fsp3) is 0.417. The molecule has 1 aliphatic carbocycles. The van der Waals surface area contributed by atoms with E-state index in [2.05, 4.69) is 4.74 Å². The highest BCUT2D eigenvalue weighted by Crippen LogP contribution is 2.38. The molecular formula is C24H25F2NO5. The van der Waals surface area contributed by atoms with Crippen molar-refractivity contribution in [3.8, 4) is 5.75 Å².